The van der Waals surface area contributed by atoms with Gasteiger partial charge in [-0.05, 0) is 30.7 Å². The summed E-state index contributed by atoms with van der Waals surface area (Å²) >= 11 is 5.73. The maximum absolute atomic E-state index is 14.4. The van der Waals surface area contributed by atoms with E-state index < -0.39 is 36.2 Å². The first-order chi connectivity index (χ1) is 12.8. The minimum atomic E-state index is -3.01. The number of ether oxygens (including phenoxy) is 1. The first kappa shape index (κ1) is 19.4. The molecule has 1 aromatic rings. The number of pyridine rings is 1. The first-order valence-corrected chi connectivity index (χ1v) is 8.39. The molecule has 2 atom stereocenters. The quantitative estimate of drug-likeness (QED) is 0.813. The van der Waals surface area contributed by atoms with E-state index >= 15 is 0 Å². The summed E-state index contributed by atoms with van der Waals surface area (Å²) < 4.78 is 47.2. The van der Waals surface area contributed by atoms with Crippen molar-refractivity contribution in [3.63, 3.8) is 0 Å². The molecular formula is C17H16ClF3N4O2. The van der Waals surface area contributed by atoms with Crippen molar-refractivity contribution in [1.82, 2.24) is 10.3 Å². The highest BCUT2D eigenvalue weighted by molar-refractivity contribution is 6.30. The summed E-state index contributed by atoms with van der Waals surface area (Å²) in [6, 6.07) is 2.90. The molecule has 2 heterocycles. The van der Waals surface area contributed by atoms with E-state index in [4.69, 9.17) is 22.1 Å². The number of hydrogen-bond donors (Lipinski definition) is 2. The van der Waals surface area contributed by atoms with E-state index in [1.807, 2.05) is 0 Å². The zero-order valence-corrected chi connectivity index (χ0v) is 14.7. The number of aliphatic imine (C=N–C) groups is 1. The van der Waals surface area contributed by atoms with Crippen molar-refractivity contribution in [2.45, 2.75) is 18.4 Å². The number of amidine groups is 1. The largest absolute Gasteiger partial charge is 0.386 e. The van der Waals surface area contributed by atoms with Crippen LogP contribution in [0.1, 0.15) is 16.9 Å². The molecule has 0 aromatic carbocycles. The number of allylic oxidation sites excluding steroid dienone is 3. The van der Waals surface area contributed by atoms with Gasteiger partial charge in [0.1, 0.15) is 24.0 Å². The van der Waals surface area contributed by atoms with Gasteiger partial charge in [0.05, 0.1) is 11.6 Å². The Kier molecular flexibility index (Phi) is 5.52. The third-order valence-electron chi connectivity index (χ3n) is 4.35. The zero-order chi connectivity index (χ0) is 19.6. The Morgan fingerprint density at radius 1 is 1.41 bits per heavy atom. The summed E-state index contributed by atoms with van der Waals surface area (Å²) in [6.07, 6.45) is 0.440. The number of nitrogens with two attached hydrogens (primary N) is 1. The Balaban J connectivity index is 1.82. The van der Waals surface area contributed by atoms with E-state index in [0.29, 0.717) is 5.02 Å². The molecule has 27 heavy (non-hydrogen) atoms. The molecule has 1 amide bonds. The lowest BCUT2D eigenvalue weighted by molar-refractivity contribution is -0.0376. The molecule has 144 valence electrons. The molecule has 0 spiro atoms. The topological polar surface area (TPSA) is 89.6 Å². The molecule has 3 rings (SSSR count). The Morgan fingerprint density at radius 3 is 2.81 bits per heavy atom. The Bertz CT molecular complexity index is 826. The highest BCUT2D eigenvalue weighted by Gasteiger charge is 2.51. The Labute approximate surface area is 157 Å². The lowest BCUT2D eigenvalue weighted by Crippen LogP contribution is -2.53. The van der Waals surface area contributed by atoms with Gasteiger partial charge in [0.25, 0.3) is 12.3 Å². The van der Waals surface area contributed by atoms with Crippen molar-refractivity contribution >= 4 is 23.3 Å². The van der Waals surface area contributed by atoms with E-state index in [2.05, 4.69) is 15.3 Å². The van der Waals surface area contributed by atoms with E-state index in [1.165, 1.54) is 24.4 Å². The van der Waals surface area contributed by atoms with Crippen LogP contribution in [-0.2, 0) is 4.74 Å². The molecule has 1 aliphatic carbocycles. The summed E-state index contributed by atoms with van der Waals surface area (Å²) in [5, 5.41) is 2.91. The van der Waals surface area contributed by atoms with E-state index in [0.717, 1.165) is 6.08 Å². The molecule has 1 aliphatic heterocycles. The van der Waals surface area contributed by atoms with Crippen LogP contribution in [0.15, 0.2) is 47.0 Å². The predicted molar refractivity (Wildman–Crippen MR) is 93.3 cm³/mol. The summed E-state index contributed by atoms with van der Waals surface area (Å²) in [4.78, 5) is 20.0. The summed E-state index contributed by atoms with van der Waals surface area (Å²) in [5.74, 6) is -2.80. The van der Waals surface area contributed by atoms with Crippen LogP contribution in [0.5, 0.6) is 0 Å². The summed E-state index contributed by atoms with van der Waals surface area (Å²) in [5.41, 5.74) is 3.74. The fourth-order valence-corrected chi connectivity index (χ4v) is 3.12. The van der Waals surface area contributed by atoms with Gasteiger partial charge in [-0.15, -0.1) is 0 Å². The molecule has 2 aliphatic rings. The highest BCUT2D eigenvalue weighted by Crippen LogP contribution is 2.42. The number of hydrogen-bond acceptors (Lipinski definition) is 5. The van der Waals surface area contributed by atoms with Gasteiger partial charge in [0.2, 0.25) is 0 Å². The Hall–Kier alpha value is -2.39. The van der Waals surface area contributed by atoms with Crippen LogP contribution in [0.25, 0.3) is 0 Å². The minimum absolute atomic E-state index is 0.0821. The van der Waals surface area contributed by atoms with Crippen LogP contribution in [0.2, 0.25) is 5.02 Å². The van der Waals surface area contributed by atoms with Gasteiger partial charge < -0.3 is 15.8 Å². The minimum Gasteiger partial charge on any atom is -0.386 e. The van der Waals surface area contributed by atoms with Gasteiger partial charge in [0, 0.05) is 17.8 Å². The van der Waals surface area contributed by atoms with Crippen LogP contribution >= 0.6 is 11.6 Å². The zero-order valence-electron chi connectivity index (χ0n) is 14.0. The van der Waals surface area contributed by atoms with Crippen molar-refractivity contribution in [2.75, 3.05) is 13.2 Å². The number of rotatable bonds is 4. The van der Waals surface area contributed by atoms with Crippen LogP contribution < -0.4 is 11.1 Å². The molecule has 0 saturated carbocycles. The fourth-order valence-electron chi connectivity index (χ4n) is 3.00. The number of halogens is 4. The molecule has 0 saturated heterocycles. The molecule has 3 N–H and O–H groups in total. The van der Waals surface area contributed by atoms with Crippen molar-refractivity contribution in [1.29, 1.82) is 0 Å². The number of amides is 1. The molecule has 0 radical (unpaired) electrons. The standard InChI is InChI=1S/C17H16ClF3N4O2/c18-9-1-4-13(23-6-9)15(26)24-10-2-3-12(19)11(5-10)17(16(20)21)8-27-7-14(22)25-17/h1-4,6,11,16H,5,7-8H2,(H2,22,25)(H,24,26)/t11?,17-/m0/s1. The van der Waals surface area contributed by atoms with Gasteiger partial charge in [0.15, 0.2) is 5.54 Å². The maximum Gasteiger partial charge on any atom is 0.273 e. The van der Waals surface area contributed by atoms with E-state index in [-0.39, 0.29) is 30.3 Å². The predicted octanol–water partition coefficient (Wildman–Crippen LogP) is 2.61. The number of carbonyl (C=O) groups is 1. The SMILES string of the molecule is NC1=N[C@](C(F)F)(C2CC(NC(=O)c3ccc(Cl)cn3)=CC=C2F)COC1. The number of carbonyl (C=O) groups excluding carboxylic acids is 1. The second kappa shape index (κ2) is 7.69. The summed E-state index contributed by atoms with van der Waals surface area (Å²) in [6.45, 7) is -0.564. The van der Waals surface area contributed by atoms with Gasteiger partial charge in [-0.3, -0.25) is 9.79 Å². The number of aromatic nitrogens is 1. The molecule has 0 fully saturated rings. The number of nitrogens with zero attached hydrogens (tertiary/aromatic N) is 2. The maximum atomic E-state index is 14.4. The van der Waals surface area contributed by atoms with Gasteiger partial charge in [-0.2, -0.15) is 0 Å². The van der Waals surface area contributed by atoms with Crippen LogP contribution in [0.4, 0.5) is 13.2 Å². The second-order valence-corrected chi connectivity index (χ2v) is 6.64. The lowest BCUT2D eigenvalue weighted by Gasteiger charge is -2.39. The van der Waals surface area contributed by atoms with E-state index in [1.54, 1.807) is 0 Å². The van der Waals surface area contributed by atoms with Crippen molar-refractivity contribution in [3.05, 3.63) is 52.7 Å². The molecule has 1 aromatic heterocycles. The molecule has 6 nitrogen and oxygen atoms in total. The average Bonchev–Trinajstić information content (AvgIpc) is 2.63. The number of nitrogens with one attached hydrogen (secondary N) is 1. The van der Waals surface area contributed by atoms with Crippen molar-refractivity contribution in [3.8, 4) is 0 Å². The van der Waals surface area contributed by atoms with Gasteiger partial charge in [-0.1, -0.05) is 11.6 Å². The molecule has 1 unspecified atom stereocenters. The second-order valence-electron chi connectivity index (χ2n) is 6.20. The monoisotopic (exact) mass is 400 g/mol. The first-order valence-electron chi connectivity index (χ1n) is 8.01. The third-order valence-corrected chi connectivity index (χ3v) is 4.57. The lowest BCUT2D eigenvalue weighted by atomic mass is 9.78. The molecular weight excluding hydrogens is 385 g/mol. The van der Waals surface area contributed by atoms with Crippen molar-refractivity contribution < 1.29 is 22.7 Å². The summed E-state index contributed by atoms with van der Waals surface area (Å²) in [7, 11) is 0. The van der Waals surface area contributed by atoms with Gasteiger partial charge in [-0.25, -0.2) is 18.2 Å². The van der Waals surface area contributed by atoms with E-state index in [9.17, 15) is 18.0 Å². The van der Waals surface area contributed by atoms with Crippen LogP contribution in [0.3, 0.4) is 0 Å². The van der Waals surface area contributed by atoms with Crippen LogP contribution in [0, 0.1) is 5.92 Å². The Morgan fingerprint density at radius 2 is 2.19 bits per heavy atom. The van der Waals surface area contributed by atoms with Crippen LogP contribution in [-0.4, -0.2) is 41.9 Å². The third kappa shape index (κ3) is 3.98. The average molecular weight is 401 g/mol. The van der Waals surface area contributed by atoms with Crippen molar-refractivity contribution in [2.24, 2.45) is 16.6 Å². The molecule has 0 bridgehead atoms. The number of alkyl halides is 2. The smallest absolute Gasteiger partial charge is 0.273 e. The molecule has 10 heteroatoms. The fraction of sp³-hybridized carbons (Fsp3) is 0.353. The van der Waals surface area contributed by atoms with Gasteiger partial charge >= 0.3 is 0 Å². The normalized spacial score (nSPS) is 25.5. The highest BCUT2D eigenvalue weighted by atomic mass is 35.5.